The van der Waals surface area contributed by atoms with E-state index in [-0.39, 0.29) is 11.0 Å². The molecule has 9 nitrogen and oxygen atoms in total. The standard InChI is InChI=1S/C17H22N2O2.C4H4O4.H2O/c1-13(7-8-14-5-3-2-4-6-14)18-12-16(20)15-9-10-17(21)19-11-15;5-3(6)1-2-4(7)8;/h2-6,9-11,13,16,18,20H,7-8,12H2,1H3,(H,19,21);1-2H,(H,5,6)(H,7,8);1H2/b;2-1+;. The Labute approximate surface area is 174 Å². The van der Waals surface area contributed by atoms with Crippen LogP contribution in [0.15, 0.2) is 65.6 Å². The molecule has 2 rings (SSSR count). The van der Waals surface area contributed by atoms with Gasteiger partial charge in [0.2, 0.25) is 5.56 Å². The fourth-order valence-corrected chi connectivity index (χ4v) is 2.33. The van der Waals surface area contributed by atoms with E-state index in [1.807, 2.05) is 18.2 Å². The number of aliphatic hydroxyl groups is 1. The minimum absolute atomic E-state index is 0. The highest BCUT2D eigenvalue weighted by Crippen LogP contribution is 2.10. The number of pyridine rings is 1. The third-order valence-corrected chi connectivity index (χ3v) is 3.93. The molecule has 30 heavy (non-hydrogen) atoms. The molecule has 164 valence electrons. The Morgan fingerprint density at radius 1 is 1.07 bits per heavy atom. The predicted molar refractivity (Wildman–Crippen MR) is 112 cm³/mol. The summed E-state index contributed by atoms with van der Waals surface area (Å²) in [5.41, 5.74) is 1.89. The third-order valence-electron chi connectivity index (χ3n) is 3.93. The number of carboxylic acids is 2. The second-order valence-corrected chi connectivity index (χ2v) is 6.35. The normalized spacial score (nSPS) is 12.2. The molecule has 7 N–H and O–H groups in total. The average Bonchev–Trinajstić information content (AvgIpc) is 2.70. The number of aliphatic hydroxyl groups excluding tert-OH is 1. The summed E-state index contributed by atoms with van der Waals surface area (Å²) in [7, 11) is 0. The molecule has 2 aromatic rings. The molecule has 0 bridgehead atoms. The van der Waals surface area contributed by atoms with E-state index in [4.69, 9.17) is 10.2 Å². The molecule has 0 radical (unpaired) electrons. The first kappa shape index (κ1) is 26.7. The quantitative estimate of drug-likeness (QED) is 0.375. The fraction of sp³-hybridized carbons (Fsp3) is 0.286. The topological polar surface area (TPSA) is 171 Å². The first-order valence-corrected chi connectivity index (χ1v) is 9.06. The van der Waals surface area contributed by atoms with Crippen molar-refractivity contribution in [2.75, 3.05) is 6.54 Å². The van der Waals surface area contributed by atoms with Crippen molar-refractivity contribution >= 4 is 11.9 Å². The van der Waals surface area contributed by atoms with E-state index >= 15 is 0 Å². The second kappa shape index (κ2) is 14.7. The Hall–Kier alpha value is -3.27. The van der Waals surface area contributed by atoms with Gasteiger partial charge < -0.3 is 31.1 Å². The summed E-state index contributed by atoms with van der Waals surface area (Å²) in [5.74, 6) is -2.51. The van der Waals surface area contributed by atoms with Crippen LogP contribution in [0.3, 0.4) is 0 Å². The summed E-state index contributed by atoms with van der Waals surface area (Å²) in [6, 6.07) is 13.8. The summed E-state index contributed by atoms with van der Waals surface area (Å²) in [6.45, 7) is 2.59. The molecule has 0 spiro atoms. The minimum Gasteiger partial charge on any atom is -0.478 e. The summed E-state index contributed by atoms with van der Waals surface area (Å²) < 4.78 is 0. The van der Waals surface area contributed by atoms with Gasteiger partial charge in [0.15, 0.2) is 0 Å². The van der Waals surface area contributed by atoms with Crippen LogP contribution in [-0.4, -0.2) is 50.3 Å². The number of carboxylic acid groups (broad SMARTS) is 2. The SMILES string of the molecule is CC(CCc1ccccc1)NCC(O)c1ccc(=O)[nH]c1.O.O=C(O)/C=C/C(=O)O. The molecule has 0 aliphatic heterocycles. The highest BCUT2D eigenvalue weighted by Gasteiger charge is 2.09. The molecule has 1 aromatic heterocycles. The molecule has 9 heteroatoms. The van der Waals surface area contributed by atoms with Crippen LogP contribution in [0.4, 0.5) is 0 Å². The van der Waals surface area contributed by atoms with Gasteiger partial charge in [-0.1, -0.05) is 30.3 Å². The number of aromatic amines is 1. The monoisotopic (exact) mass is 420 g/mol. The molecule has 0 saturated heterocycles. The van der Waals surface area contributed by atoms with Gasteiger partial charge in [0.25, 0.3) is 0 Å². The maximum Gasteiger partial charge on any atom is 0.328 e. The van der Waals surface area contributed by atoms with Gasteiger partial charge in [-0.3, -0.25) is 4.79 Å². The lowest BCUT2D eigenvalue weighted by atomic mass is 10.1. The van der Waals surface area contributed by atoms with Crippen LogP contribution < -0.4 is 10.9 Å². The number of nitrogens with one attached hydrogen (secondary N) is 2. The summed E-state index contributed by atoms with van der Waals surface area (Å²) in [6.07, 6.45) is 4.10. The van der Waals surface area contributed by atoms with Crippen molar-refractivity contribution in [3.05, 3.63) is 82.3 Å². The number of aromatic nitrogens is 1. The number of aliphatic carboxylic acids is 2. The van der Waals surface area contributed by atoms with Crippen LogP contribution >= 0.6 is 0 Å². The smallest absolute Gasteiger partial charge is 0.328 e. The number of rotatable bonds is 9. The average molecular weight is 420 g/mol. The lowest BCUT2D eigenvalue weighted by Gasteiger charge is -2.17. The molecular weight excluding hydrogens is 392 g/mol. The van der Waals surface area contributed by atoms with Gasteiger partial charge in [-0.05, 0) is 37.0 Å². The second-order valence-electron chi connectivity index (χ2n) is 6.35. The Morgan fingerprint density at radius 3 is 2.17 bits per heavy atom. The van der Waals surface area contributed by atoms with Crippen LogP contribution in [0, 0.1) is 0 Å². The minimum atomic E-state index is -1.26. The van der Waals surface area contributed by atoms with Gasteiger partial charge >= 0.3 is 11.9 Å². The van der Waals surface area contributed by atoms with E-state index in [0.29, 0.717) is 24.7 Å². The molecule has 0 aliphatic carbocycles. The summed E-state index contributed by atoms with van der Waals surface area (Å²) in [4.78, 5) is 32.7. The zero-order valence-electron chi connectivity index (χ0n) is 16.6. The zero-order valence-corrected chi connectivity index (χ0v) is 16.6. The fourth-order valence-electron chi connectivity index (χ4n) is 2.33. The van der Waals surface area contributed by atoms with E-state index in [1.165, 1.54) is 11.6 Å². The molecule has 0 fully saturated rings. The van der Waals surface area contributed by atoms with Gasteiger partial charge in [-0.2, -0.15) is 0 Å². The van der Waals surface area contributed by atoms with Crippen LogP contribution in [0.25, 0.3) is 0 Å². The van der Waals surface area contributed by atoms with Crippen LogP contribution in [0.1, 0.15) is 30.6 Å². The van der Waals surface area contributed by atoms with E-state index < -0.39 is 18.0 Å². The maximum absolute atomic E-state index is 11.0. The molecular formula is C21H28N2O7. The van der Waals surface area contributed by atoms with E-state index in [1.54, 1.807) is 12.3 Å². The highest BCUT2D eigenvalue weighted by atomic mass is 16.4. The van der Waals surface area contributed by atoms with Crippen molar-refractivity contribution in [2.24, 2.45) is 0 Å². The first-order valence-electron chi connectivity index (χ1n) is 9.06. The Bertz CT molecular complexity index is 813. The Morgan fingerprint density at radius 2 is 1.67 bits per heavy atom. The summed E-state index contributed by atoms with van der Waals surface area (Å²) in [5, 5.41) is 29.0. The number of aryl methyl sites for hydroxylation is 1. The summed E-state index contributed by atoms with van der Waals surface area (Å²) >= 11 is 0. The number of benzene rings is 1. The third kappa shape index (κ3) is 12.2. The number of hydrogen-bond donors (Lipinski definition) is 5. The number of carbonyl (C=O) groups is 2. The number of H-pyrrole nitrogens is 1. The van der Waals surface area contributed by atoms with E-state index in [9.17, 15) is 19.5 Å². The lowest BCUT2D eigenvalue weighted by Crippen LogP contribution is -2.31. The molecule has 0 amide bonds. The first-order chi connectivity index (χ1) is 13.8. The molecule has 0 aliphatic rings. The Balaban J connectivity index is 0.000000801. The van der Waals surface area contributed by atoms with Gasteiger partial charge in [0.05, 0.1) is 6.10 Å². The molecule has 1 heterocycles. The molecule has 2 unspecified atom stereocenters. The number of hydrogen-bond acceptors (Lipinski definition) is 5. The van der Waals surface area contributed by atoms with Crippen molar-refractivity contribution < 1.29 is 30.4 Å². The van der Waals surface area contributed by atoms with Crippen molar-refractivity contribution in [3.63, 3.8) is 0 Å². The van der Waals surface area contributed by atoms with Gasteiger partial charge in [-0.15, -0.1) is 0 Å². The van der Waals surface area contributed by atoms with Crippen LogP contribution in [0.5, 0.6) is 0 Å². The van der Waals surface area contributed by atoms with Crippen molar-refractivity contribution in [3.8, 4) is 0 Å². The maximum atomic E-state index is 11.0. The largest absolute Gasteiger partial charge is 0.478 e. The van der Waals surface area contributed by atoms with Crippen molar-refractivity contribution in [1.82, 2.24) is 10.3 Å². The van der Waals surface area contributed by atoms with Crippen LogP contribution in [-0.2, 0) is 16.0 Å². The zero-order chi connectivity index (χ0) is 21.6. The van der Waals surface area contributed by atoms with Gasteiger partial charge in [0, 0.05) is 37.0 Å². The Kier molecular flexibility index (Phi) is 13.1. The van der Waals surface area contributed by atoms with Gasteiger partial charge in [0.1, 0.15) is 0 Å². The molecule has 2 atom stereocenters. The van der Waals surface area contributed by atoms with Crippen LogP contribution in [0.2, 0.25) is 0 Å². The predicted octanol–water partition coefficient (Wildman–Crippen LogP) is 0.906. The van der Waals surface area contributed by atoms with Gasteiger partial charge in [-0.25, -0.2) is 9.59 Å². The molecule has 1 aromatic carbocycles. The highest BCUT2D eigenvalue weighted by molar-refractivity contribution is 5.89. The van der Waals surface area contributed by atoms with E-state index in [2.05, 4.69) is 29.4 Å². The lowest BCUT2D eigenvalue weighted by molar-refractivity contribution is -0.134. The van der Waals surface area contributed by atoms with Crippen molar-refractivity contribution in [1.29, 1.82) is 0 Å². The van der Waals surface area contributed by atoms with E-state index in [0.717, 1.165) is 18.4 Å². The van der Waals surface area contributed by atoms with Crippen molar-refractivity contribution in [2.45, 2.75) is 31.9 Å². The molecule has 0 saturated carbocycles.